The van der Waals surface area contributed by atoms with E-state index in [-0.39, 0.29) is 30.3 Å². The van der Waals surface area contributed by atoms with Gasteiger partial charge in [0.1, 0.15) is 6.04 Å². The third kappa shape index (κ3) is 4.50. The lowest BCUT2D eigenvalue weighted by Crippen LogP contribution is -2.48. The van der Waals surface area contributed by atoms with Gasteiger partial charge in [-0.05, 0) is 32.4 Å². The number of halogens is 1. The van der Waals surface area contributed by atoms with Crippen molar-refractivity contribution in [1.29, 1.82) is 0 Å². The zero-order chi connectivity index (χ0) is 14.5. The Balaban J connectivity index is 0.00000220. The number of amides is 2. The van der Waals surface area contributed by atoms with Crippen molar-refractivity contribution < 1.29 is 9.59 Å². The summed E-state index contributed by atoms with van der Waals surface area (Å²) in [6.07, 6.45) is 2.46. The molecule has 122 valence electrons. The van der Waals surface area contributed by atoms with Gasteiger partial charge in [-0.3, -0.25) is 9.59 Å². The Kier molecular flexibility index (Phi) is 7.84. The topological polar surface area (TPSA) is 52.7 Å². The molecule has 2 fully saturated rings. The van der Waals surface area contributed by atoms with Gasteiger partial charge in [0.15, 0.2) is 0 Å². The number of thioether (sulfide) groups is 1. The van der Waals surface area contributed by atoms with E-state index in [1.807, 2.05) is 18.9 Å². The first-order valence-electron chi connectivity index (χ1n) is 7.48. The van der Waals surface area contributed by atoms with Crippen molar-refractivity contribution in [2.24, 2.45) is 5.92 Å². The van der Waals surface area contributed by atoms with Crippen molar-refractivity contribution in [2.45, 2.75) is 32.2 Å². The molecular weight excluding hydrogens is 310 g/mol. The van der Waals surface area contributed by atoms with Crippen LogP contribution in [0.15, 0.2) is 0 Å². The van der Waals surface area contributed by atoms with E-state index in [0.717, 1.165) is 38.2 Å². The summed E-state index contributed by atoms with van der Waals surface area (Å²) in [5.41, 5.74) is 0. The highest BCUT2D eigenvalue weighted by Crippen LogP contribution is 2.26. The van der Waals surface area contributed by atoms with Crippen LogP contribution in [0.5, 0.6) is 0 Å². The molecule has 0 radical (unpaired) electrons. The molecule has 0 saturated carbocycles. The Hall–Kier alpha value is -0.460. The quantitative estimate of drug-likeness (QED) is 0.819. The second-order valence-corrected chi connectivity index (χ2v) is 6.63. The number of hydrogen-bond donors (Lipinski definition) is 1. The van der Waals surface area contributed by atoms with Crippen molar-refractivity contribution in [3.63, 3.8) is 0 Å². The van der Waals surface area contributed by atoms with Crippen LogP contribution in [0.25, 0.3) is 0 Å². The van der Waals surface area contributed by atoms with Crippen LogP contribution in [0, 0.1) is 5.92 Å². The Morgan fingerprint density at radius 1 is 1.38 bits per heavy atom. The Morgan fingerprint density at radius 2 is 2.14 bits per heavy atom. The molecule has 0 spiro atoms. The van der Waals surface area contributed by atoms with Gasteiger partial charge in [-0.15, -0.1) is 24.2 Å². The molecule has 5 nitrogen and oxygen atoms in total. The lowest BCUT2D eigenvalue weighted by Gasteiger charge is -2.27. The maximum Gasteiger partial charge on any atom is 0.246 e. The monoisotopic (exact) mass is 335 g/mol. The molecule has 2 unspecified atom stereocenters. The van der Waals surface area contributed by atoms with Crippen LogP contribution < -0.4 is 5.32 Å². The smallest absolute Gasteiger partial charge is 0.246 e. The van der Waals surface area contributed by atoms with E-state index < -0.39 is 0 Å². The van der Waals surface area contributed by atoms with E-state index in [1.165, 1.54) is 0 Å². The molecule has 0 aromatic carbocycles. The average molecular weight is 336 g/mol. The lowest BCUT2D eigenvalue weighted by molar-refractivity contribution is -0.142. The van der Waals surface area contributed by atoms with Gasteiger partial charge in [0.05, 0.1) is 5.88 Å². The van der Waals surface area contributed by atoms with Crippen molar-refractivity contribution >= 4 is 36.0 Å². The van der Waals surface area contributed by atoms with E-state index in [9.17, 15) is 9.59 Å². The molecule has 7 heteroatoms. The maximum atomic E-state index is 12.6. The highest BCUT2D eigenvalue weighted by molar-refractivity contribution is 7.99. The SMILES string of the molecule is CCCC(=O)N1CSCC1C(=O)N1CCC(CNC)C1.Cl. The molecule has 21 heavy (non-hydrogen) atoms. The summed E-state index contributed by atoms with van der Waals surface area (Å²) < 4.78 is 0. The number of carbonyl (C=O) groups is 2. The van der Waals surface area contributed by atoms with Gasteiger partial charge < -0.3 is 15.1 Å². The predicted octanol–water partition coefficient (Wildman–Crippen LogP) is 1.18. The van der Waals surface area contributed by atoms with E-state index >= 15 is 0 Å². The Labute approximate surface area is 137 Å². The summed E-state index contributed by atoms with van der Waals surface area (Å²) in [5.74, 6) is 2.25. The molecular formula is C14H26ClN3O2S. The summed E-state index contributed by atoms with van der Waals surface area (Å²) in [6.45, 7) is 4.63. The molecule has 2 saturated heterocycles. The molecule has 2 rings (SSSR count). The zero-order valence-corrected chi connectivity index (χ0v) is 14.5. The highest BCUT2D eigenvalue weighted by atomic mass is 35.5. The van der Waals surface area contributed by atoms with Crippen LogP contribution >= 0.6 is 24.2 Å². The minimum Gasteiger partial charge on any atom is -0.341 e. The standard InChI is InChI=1S/C14H25N3O2S.ClH/c1-3-4-13(18)17-10-20-9-12(17)14(19)16-6-5-11(8-16)7-15-2;/h11-12,15H,3-10H2,1-2H3;1H. The van der Waals surface area contributed by atoms with E-state index in [4.69, 9.17) is 0 Å². The van der Waals surface area contributed by atoms with Gasteiger partial charge in [-0.25, -0.2) is 0 Å². The third-order valence-electron chi connectivity index (χ3n) is 4.04. The number of nitrogens with one attached hydrogen (secondary N) is 1. The number of likely N-dealkylation sites (tertiary alicyclic amines) is 1. The number of nitrogens with zero attached hydrogens (tertiary/aromatic N) is 2. The lowest BCUT2D eigenvalue weighted by atomic mass is 10.1. The highest BCUT2D eigenvalue weighted by Gasteiger charge is 2.38. The molecule has 0 aliphatic carbocycles. The van der Waals surface area contributed by atoms with Gasteiger partial charge in [0.25, 0.3) is 0 Å². The molecule has 0 aromatic rings. The molecule has 2 atom stereocenters. The summed E-state index contributed by atoms with van der Waals surface area (Å²) in [5, 5.41) is 3.18. The van der Waals surface area contributed by atoms with Crippen LogP contribution in [-0.4, -0.2) is 66.0 Å². The van der Waals surface area contributed by atoms with Crippen LogP contribution in [0.1, 0.15) is 26.2 Å². The molecule has 2 aliphatic rings. The van der Waals surface area contributed by atoms with Crippen LogP contribution in [0.2, 0.25) is 0 Å². The Morgan fingerprint density at radius 3 is 2.81 bits per heavy atom. The fraction of sp³-hybridized carbons (Fsp3) is 0.857. The summed E-state index contributed by atoms with van der Waals surface area (Å²) in [6, 6.07) is -0.229. The van der Waals surface area contributed by atoms with Gasteiger partial charge in [0, 0.05) is 25.3 Å². The minimum absolute atomic E-state index is 0. The predicted molar refractivity (Wildman–Crippen MR) is 88.7 cm³/mol. The van der Waals surface area contributed by atoms with Crippen LogP contribution in [0.4, 0.5) is 0 Å². The van der Waals surface area contributed by atoms with Crippen LogP contribution in [-0.2, 0) is 9.59 Å². The molecule has 1 N–H and O–H groups in total. The van der Waals surface area contributed by atoms with Gasteiger partial charge >= 0.3 is 0 Å². The first-order chi connectivity index (χ1) is 9.67. The Bertz CT molecular complexity index is 370. The van der Waals surface area contributed by atoms with Gasteiger partial charge in [-0.1, -0.05) is 6.92 Å². The molecule has 0 bridgehead atoms. The summed E-state index contributed by atoms with van der Waals surface area (Å²) in [7, 11) is 1.95. The summed E-state index contributed by atoms with van der Waals surface area (Å²) in [4.78, 5) is 28.4. The van der Waals surface area contributed by atoms with Crippen molar-refractivity contribution in [3.8, 4) is 0 Å². The first kappa shape index (κ1) is 18.6. The normalized spacial score (nSPS) is 25.0. The first-order valence-corrected chi connectivity index (χ1v) is 8.63. The van der Waals surface area contributed by atoms with Gasteiger partial charge in [0.2, 0.25) is 11.8 Å². The second kappa shape index (κ2) is 8.86. The number of carbonyl (C=O) groups excluding carboxylic acids is 2. The van der Waals surface area contributed by atoms with Crippen molar-refractivity contribution in [3.05, 3.63) is 0 Å². The third-order valence-corrected chi connectivity index (χ3v) is 5.05. The van der Waals surface area contributed by atoms with Crippen LogP contribution in [0.3, 0.4) is 0 Å². The van der Waals surface area contributed by atoms with E-state index in [1.54, 1.807) is 16.7 Å². The molecule has 2 amide bonds. The minimum atomic E-state index is -0.229. The fourth-order valence-corrected chi connectivity index (χ4v) is 4.12. The maximum absolute atomic E-state index is 12.6. The van der Waals surface area contributed by atoms with E-state index in [2.05, 4.69) is 5.32 Å². The fourth-order valence-electron chi connectivity index (χ4n) is 2.95. The summed E-state index contributed by atoms with van der Waals surface area (Å²) >= 11 is 1.69. The molecule has 2 heterocycles. The van der Waals surface area contributed by atoms with Gasteiger partial charge in [-0.2, -0.15) is 0 Å². The zero-order valence-electron chi connectivity index (χ0n) is 12.8. The average Bonchev–Trinajstić information content (AvgIpc) is 3.07. The number of hydrogen-bond acceptors (Lipinski definition) is 4. The largest absolute Gasteiger partial charge is 0.341 e. The number of rotatable bonds is 5. The second-order valence-electron chi connectivity index (χ2n) is 5.63. The molecule has 2 aliphatic heterocycles. The van der Waals surface area contributed by atoms with Crippen molar-refractivity contribution in [1.82, 2.24) is 15.1 Å². The van der Waals surface area contributed by atoms with E-state index in [0.29, 0.717) is 18.2 Å². The van der Waals surface area contributed by atoms with Crippen molar-refractivity contribution in [2.75, 3.05) is 38.3 Å². The molecule has 0 aromatic heterocycles.